The minimum Gasteiger partial charge on any atom is -0.308 e. The van der Waals surface area contributed by atoms with Gasteiger partial charge in [0.25, 0.3) is 0 Å². The predicted molar refractivity (Wildman–Crippen MR) is 300 cm³/mol. The molecule has 2 heterocycles. The third-order valence-electron chi connectivity index (χ3n) is 24.0. The summed E-state index contributed by atoms with van der Waals surface area (Å²) in [5, 5.41) is 5.20. The van der Waals surface area contributed by atoms with E-state index in [4.69, 9.17) is 0 Å². The molecule has 73 heavy (non-hydrogen) atoms. The highest BCUT2D eigenvalue weighted by Gasteiger charge is 2.64. The molecule has 0 radical (unpaired) electrons. The van der Waals surface area contributed by atoms with Crippen molar-refractivity contribution in [1.29, 1.82) is 0 Å². The first-order chi connectivity index (χ1) is 34.7. The Morgan fingerprint density at radius 2 is 0.945 bits per heavy atom. The van der Waals surface area contributed by atoms with Crippen molar-refractivity contribution in [2.45, 2.75) is 168 Å². The Bertz CT molecular complexity index is 3920. The van der Waals surface area contributed by atoms with Crippen LogP contribution >= 0.6 is 0 Å². The summed E-state index contributed by atoms with van der Waals surface area (Å²) in [6.07, 6.45) is 13.3. The summed E-state index contributed by atoms with van der Waals surface area (Å²) in [6, 6.07) is 36.1. The first-order valence-electron chi connectivity index (χ1n) is 28.6. The standard InChI is InChI=1S/C70H71NO2/c1-63(2)23-13-15-40-36-67(9)25-27-69(40,63)54-32-45-47-31-46-44-22-20-39(38-19-21-43-42-17-11-12-18-51(42)65(5,6)52(43)29-38)30-53(44)66(7,8)59(46)58-50-33-55-49(35-57(50)71(60(47)58)56(45)34-48(54)61(67)72)62(73)68(10)26-28-70(55)41(37-68)16-14-24-64(70,3)4/h11-12,17-22,29-35,40-41H,13-16,23-28,36-37H2,1-10H3. The van der Waals surface area contributed by atoms with Crippen LogP contribution in [0.3, 0.4) is 0 Å². The topological polar surface area (TPSA) is 38.5 Å². The van der Waals surface area contributed by atoms with Gasteiger partial charge in [-0.3, -0.25) is 9.59 Å². The lowest BCUT2D eigenvalue weighted by Gasteiger charge is -2.59. The Morgan fingerprint density at radius 3 is 1.53 bits per heavy atom. The number of hydrogen-bond donors (Lipinski definition) is 0. The first-order valence-corrected chi connectivity index (χ1v) is 28.6. The highest BCUT2D eigenvalue weighted by Crippen LogP contribution is 2.70. The van der Waals surface area contributed by atoms with Gasteiger partial charge in [0.1, 0.15) is 0 Å². The molecule has 6 atom stereocenters. The molecule has 3 heteroatoms. The molecule has 0 amide bonds. The summed E-state index contributed by atoms with van der Waals surface area (Å²) >= 11 is 0. The lowest BCUT2D eigenvalue weighted by atomic mass is 9.45. The third kappa shape index (κ3) is 4.82. The van der Waals surface area contributed by atoms with E-state index in [0.717, 1.165) is 60.7 Å². The molecule has 0 N–H and O–H groups in total. The quantitative estimate of drug-likeness (QED) is 0.164. The van der Waals surface area contributed by atoms with Gasteiger partial charge in [-0.2, -0.15) is 0 Å². The van der Waals surface area contributed by atoms with Gasteiger partial charge in [-0.25, -0.2) is 0 Å². The Morgan fingerprint density at radius 1 is 0.438 bits per heavy atom. The predicted octanol–water partition coefficient (Wildman–Crippen LogP) is 18.0. The van der Waals surface area contributed by atoms with E-state index in [2.05, 4.69) is 165 Å². The number of nitrogens with zero attached hydrogens (tertiary/aromatic N) is 1. The van der Waals surface area contributed by atoms with Gasteiger partial charge < -0.3 is 4.40 Å². The van der Waals surface area contributed by atoms with Gasteiger partial charge in [-0.1, -0.05) is 131 Å². The van der Waals surface area contributed by atoms with Crippen LogP contribution < -0.4 is 0 Å². The second-order valence-electron chi connectivity index (χ2n) is 28.6. The van der Waals surface area contributed by atoms with E-state index in [1.54, 1.807) is 0 Å². The first kappa shape index (κ1) is 43.8. The molecule has 8 aromatic rings. The molecule has 4 saturated carbocycles. The second kappa shape index (κ2) is 13.1. The van der Waals surface area contributed by atoms with E-state index in [0.29, 0.717) is 23.4 Å². The molecule has 6 unspecified atom stereocenters. The summed E-state index contributed by atoms with van der Waals surface area (Å²) in [5.41, 5.74) is 20.6. The van der Waals surface area contributed by atoms with E-state index in [9.17, 15) is 0 Å². The van der Waals surface area contributed by atoms with E-state index < -0.39 is 0 Å². The monoisotopic (exact) mass is 958 g/mol. The highest BCUT2D eigenvalue weighted by atomic mass is 16.1. The number of Topliss-reactive ketones (excluding diaryl/α,β-unsaturated/α-hetero) is 2. The molecule has 6 aromatic carbocycles. The van der Waals surface area contributed by atoms with Crippen LogP contribution in [0.4, 0.5) is 0 Å². The zero-order valence-corrected chi connectivity index (χ0v) is 45.1. The smallest absolute Gasteiger partial charge is 0.169 e. The Hall–Kier alpha value is -5.54. The van der Waals surface area contributed by atoms with E-state index in [-0.39, 0.29) is 43.3 Å². The number of ketones is 2. The van der Waals surface area contributed by atoms with Crippen molar-refractivity contribution in [1.82, 2.24) is 4.40 Å². The molecule has 10 aliphatic carbocycles. The van der Waals surface area contributed by atoms with Crippen LogP contribution in [0, 0.1) is 33.5 Å². The maximum absolute atomic E-state index is 15.6. The third-order valence-corrected chi connectivity index (χ3v) is 24.0. The number of aromatic nitrogens is 1. The van der Waals surface area contributed by atoms with Gasteiger partial charge in [0.2, 0.25) is 0 Å². The van der Waals surface area contributed by atoms with Crippen molar-refractivity contribution in [3.05, 3.63) is 136 Å². The summed E-state index contributed by atoms with van der Waals surface area (Å²) in [4.78, 5) is 31.0. The van der Waals surface area contributed by atoms with Crippen LogP contribution in [-0.4, -0.2) is 16.0 Å². The minimum atomic E-state index is -0.358. The zero-order chi connectivity index (χ0) is 50.1. The number of rotatable bonds is 1. The SMILES string of the molecule is CC12CCC3(c4cc5c6cc7c(c8c9cc%10c(cc9n(c5cc4C1=O)c68)C(=O)C1(C)CCC%104C(CCCC4(C)C)C1)C(C)(C)c1cc(-c4ccc5c(c4)C(C)(C)c4ccccc4-5)ccc1-7)C(CCCC3(C)C)C2. The van der Waals surface area contributed by atoms with Gasteiger partial charge in [0, 0.05) is 65.2 Å². The second-order valence-corrected chi connectivity index (χ2v) is 28.6. The Balaban J connectivity index is 1.00. The van der Waals surface area contributed by atoms with Crippen LogP contribution in [-0.2, 0) is 21.7 Å². The molecule has 2 spiro atoms. The fourth-order valence-electron chi connectivity index (χ4n) is 20.2. The number of benzene rings is 6. The molecule has 0 aliphatic heterocycles. The van der Waals surface area contributed by atoms with Crippen molar-refractivity contribution in [2.75, 3.05) is 0 Å². The maximum atomic E-state index is 15.6. The van der Waals surface area contributed by atoms with Crippen LogP contribution in [0.1, 0.15) is 200 Å². The molecular weight excluding hydrogens is 887 g/mol. The highest BCUT2D eigenvalue weighted by molar-refractivity contribution is 6.28. The van der Waals surface area contributed by atoms with Gasteiger partial charge in [-0.15, -0.1) is 0 Å². The summed E-state index contributed by atoms with van der Waals surface area (Å²) in [5.74, 6) is 1.71. The fraction of sp³-hybridized carbons (Fsp3) is 0.457. The van der Waals surface area contributed by atoms with Crippen LogP contribution in [0.15, 0.2) is 91.0 Å². The molecule has 4 bridgehead atoms. The van der Waals surface area contributed by atoms with Gasteiger partial charge in [-0.05, 0) is 196 Å². The summed E-state index contributed by atoms with van der Waals surface area (Å²) in [7, 11) is 0. The van der Waals surface area contributed by atoms with Crippen LogP contribution in [0.2, 0.25) is 0 Å². The molecule has 10 aliphatic rings. The normalized spacial score (nSPS) is 31.2. The van der Waals surface area contributed by atoms with Gasteiger partial charge >= 0.3 is 0 Å². The van der Waals surface area contributed by atoms with E-state index in [1.165, 1.54) is 132 Å². The molecule has 0 saturated heterocycles. The summed E-state index contributed by atoms with van der Waals surface area (Å²) in [6.45, 7) is 24.5. The number of carbonyl (C=O) groups is 2. The number of fused-ring (bicyclic) bond motifs is 15. The van der Waals surface area contributed by atoms with Gasteiger partial charge in [0.15, 0.2) is 11.6 Å². The van der Waals surface area contributed by atoms with Crippen molar-refractivity contribution < 1.29 is 9.59 Å². The number of carbonyl (C=O) groups excluding carboxylic acids is 2. The van der Waals surface area contributed by atoms with Crippen molar-refractivity contribution in [3.8, 4) is 33.4 Å². The molecule has 18 rings (SSSR count). The maximum Gasteiger partial charge on any atom is 0.169 e. The molecule has 368 valence electrons. The Kier molecular flexibility index (Phi) is 7.86. The van der Waals surface area contributed by atoms with Crippen molar-refractivity contribution in [2.24, 2.45) is 33.5 Å². The van der Waals surface area contributed by atoms with Crippen LogP contribution in [0.25, 0.3) is 71.5 Å². The lowest BCUT2D eigenvalue weighted by Crippen LogP contribution is -2.54. The van der Waals surface area contributed by atoms with Gasteiger partial charge in [0.05, 0.1) is 16.6 Å². The van der Waals surface area contributed by atoms with E-state index in [1.807, 2.05) is 0 Å². The molecular formula is C70H71NO2. The van der Waals surface area contributed by atoms with Crippen LogP contribution in [0.5, 0.6) is 0 Å². The van der Waals surface area contributed by atoms with Crippen molar-refractivity contribution >= 4 is 49.7 Å². The average Bonchev–Trinajstić information content (AvgIpc) is 3.94. The number of hydrogen-bond acceptors (Lipinski definition) is 2. The van der Waals surface area contributed by atoms with Crippen molar-refractivity contribution in [3.63, 3.8) is 0 Å². The molecule has 4 fully saturated rings. The molecule has 2 aromatic heterocycles. The fourth-order valence-corrected chi connectivity index (χ4v) is 20.2. The average molecular weight is 958 g/mol. The summed E-state index contributed by atoms with van der Waals surface area (Å²) < 4.78 is 2.57. The Labute approximate surface area is 431 Å². The minimum absolute atomic E-state index is 0.0435. The largest absolute Gasteiger partial charge is 0.308 e. The lowest BCUT2D eigenvalue weighted by molar-refractivity contribution is -0.0288. The zero-order valence-electron chi connectivity index (χ0n) is 45.1. The molecule has 3 nitrogen and oxygen atoms in total. The van der Waals surface area contributed by atoms with E-state index >= 15 is 9.59 Å².